The summed E-state index contributed by atoms with van der Waals surface area (Å²) in [6, 6.07) is 12.0. The molecular formula is C22H18Cl2O4. The second kappa shape index (κ2) is 9.09. The summed E-state index contributed by atoms with van der Waals surface area (Å²) in [5.41, 5.74) is 0.887. The van der Waals surface area contributed by atoms with E-state index in [0.717, 1.165) is 12.8 Å². The minimum absolute atomic E-state index is 0.247. The van der Waals surface area contributed by atoms with E-state index in [1.54, 1.807) is 48.5 Å². The van der Waals surface area contributed by atoms with Crippen molar-refractivity contribution in [1.82, 2.24) is 0 Å². The zero-order chi connectivity index (χ0) is 20.1. The highest BCUT2D eigenvalue weighted by Crippen LogP contribution is 2.29. The predicted octanol–water partition coefficient (Wildman–Crippen LogP) is 6.06. The third kappa shape index (κ3) is 4.64. The topological polar surface area (TPSA) is 56.5 Å². The van der Waals surface area contributed by atoms with Gasteiger partial charge in [0.05, 0.1) is 10.9 Å². The van der Waals surface area contributed by atoms with E-state index in [0.29, 0.717) is 38.6 Å². The Hall–Kier alpha value is -2.56. The molecule has 0 bridgehead atoms. The smallest absolute Gasteiger partial charge is 0.343 e. The minimum atomic E-state index is -0.612. The number of fused-ring (bicyclic) bond motifs is 1. The summed E-state index contributed by atoms with van der Waals surface area (Å²) in [7, 11) is 0. The van der Waals surface area contributed by atoms with Gasteiger partial charge in [0.25, 0.3) is 0 Å². The lowest BCUT2D eigenvalue weighted by Gasteiger charge is -2.10. The van der Waals surface area contributed by atoms with E-state index < -0.39 is 11.6 Å². The molecule has 3 rings (SSSR count). The molecule has 28 heavy (non-hydrogen) atoms. The van der Waals surface area contributed by atoms with Gasteiger partial charge < -0.3 is 9.15 Å². The average Bonchev–Trinajstić information content (AvgIpc) is 2.67. The number of carbonyl (C=O) groups is 1. The second-order valence-corrected chi connectivity index (χ2v) is 7.06. The van der Waals surface area contributed by atoms with Gasteiger partial charge in [-0.25, -0.2) is 9.59 Å². The highest BCUT2D eigenvalue weighted by molar-refractivity contribution is 6.35. The van der Waals surface area contributed by atoms with Gasteiger partial charge >= 0.3 is 11.6 Å². The number of rotatable bonds is 6. The van der Waals surface area contributed by atoms with Crippen molar-refractivity contribution in [2.75, 3.05) is 0 Å². The number of halogens is 2. The molecule has 0 N–H and O–H groups in total. The number of esters is 1. The number of para-hydroxylation sites is 1. The molecule has 0 radical (unpaired) electrons. The van der Waals surface area contributed by atoms with Crippen LogP contribution in [0.5, 0.6) is 5.75 Å². The molecule has 4 nitrogen and oxygen atoms in total. The molecule has 2 aromatic carbocycles. The first kappa shape index (κ1) is 20.2. The molecule has 0 atom stereocenters. The average molecular weight is 417 g/mol. The van der Waals surface area contributed by atoms with Gasteiger partial charge in [-0.1, -0.05) is 54.7 Å². The maximum absolute atomic E-state index is 12.4. The number of benzene rings is 2. The fourth-order valence-electron chi connectivity index (χ4n) is 2.77. The fourth-order valence-corrected chi connectivity index (χ4v) is 3.25. The second-order valence-electron chi connectivity index (χ2n) is 6.22. The molecule has 144 valence electrons. The Morgan fingerprint density at radius 1 is 1.18 bits per heavy atom. The zero-order valence-corrected chi connectivity index (χ0v) is 16.7. The van der Waals surface area contributed by atoms with E-state index >= 15 is 0 Å². The molecule has 6 heteroatoms. The molecule has 0 saturated carbocycles. The van der Waals surface area contributed by atoms with Gasteiger partial charge in [-0.3, -0.25) is 0 Å². The lowest BCUT2D eigenvalue weighted by atomic mass is 10.1. The molecule has 0 spiro atoms. The Balaban J connectivity index is 1.94. The van der Waals surface area contributed by atoms with Crippen LogP contribution in [0.3, 0.4) is 0 Å². The fraction of sp³-hybridized carbons (Fsp3) is 0.182. The van der Waals surface area contributed by atoms with E-state index in [9.17, 15) is 9.59 Å². The van der Waals surface area contributed by atoms with Crippen molar-refractivity contribution in [1.29, 1.82) is 0 Å². The molecule has 3 aromatic rings. The third-order valence-corrected chi connectivity index (χ3v) is 4.76. The van der Waals surface area contributed by atoms with Gasteiger partial charge in [0.1, 0.15) is 5.58 Å². The first-order valence-corrected chi connectivity index (χ1v) is 9.65. The van der Waals surface area contributed by atoms with Gasteiger partial charge in [0.15, 0.2) is 5.75 Å². The van der Waals surface area contributed by atoms with Crippen molar-refractivity contribution in [2.45, 2.75) is 26.2 Å². The highest BCUT2D eigenvalue weighted by atomic mass is 35.5. The van der Waals surface area contributed by atoms with Crippen molar-refractivity contribution in [3.8, 4) is 5.75 Å². The predicted molar refractivity (Wildman–Crippen MR) is 112 cm³/mol. The molecule has 1 aromatic heterocycles. The van der Waals surface area contributed by atoms with E-state index in [4.69, 9.17) is 32.4 Å². The number of hydrogen-bond donors (Lipinski definition) is 0. The molecule has 0 aliphatic heterocycles. The maximum atomic E-state index is 12.4. The van der Waals surface area contributed by atoms with Crippen LogP contribution in [0, 0.1) is 0 Å². The van der Waals surface area contributed by atoms with Crippen molar-refractivity contribution in [3.63, 3.8) is 0 Å². The molecule has 0 aliphatic rings. The summed E-state index contributed by atoms with van der Waals surface area (Å²) in [5, 5.41) is 1.51. The highest BCUT2D eigenvalue weighted by Gasteiger charge is 2.17. The first-order valence-electron chi connectivity index (χ1n) is 8.89. The summed E-state index contributed by atoms with van der Waals surface area (Å²) < 4.78 is 10.9. The SMILES string of the molecule is CCCCc1c(OC(=O)/C=C/c2ccc(Cl)cc2Cl)c2ccccc2oc1=O. The van der Waals surface area contributed by atoms with Gasteiger partial charge in [0, 0.05) is 16.1 Å². The zero-order valence-electron chi connectivity index (χ0n) is 15.2. The molecule has 0 aliphatic carbocycles. The van der Waals surface area contributed by atoms with Crippen LogP contribution in [0.4, 0.5) is 0 Å². The monoisotopic (exact) mass is 416 g/mol. The van der Waals surface area contributed by atoms with Crippen LogP contribution < -0.4 is 10.4 Å². The normalized spacial score (nSPS) is 11.2. The van der Waals surface area contributed by atoms with Gasteiger partial charge in [-0.15, -0.1) is 0 Å². The van der Waals surface area contributed by atoms with E-state index in [1.165, 1.54) is 6.08 Å². The van der Waals surface area contributed by atoms with Gasteiger partial charge in [-0.2, -0.15) is 0 Å². The van der Waals surface area contributed by atoms with E-state index in [2.05, 4.69) is 0 Å². The van der Waals surface area contributed by atoms with Crippen molar-refractivity contribution < 1.29 is 13.9 Å². The van der Waals surface area contributed by atoms with Crippen molar-refractivity contribution >= 4 is 46.2 Å². The first-order chi connectivity index (χ1) is 13.5. The molecule has 0 saturated heterocycles. The Labute approximate surface area is 172 Å². The quantitative estimate of drug-likeness (QED) is 0.278. The maximum Gasteiger partial charge on any atom is 0.343 e. The minimum Gasteiger partial charge on any atom is -0.422 e. The number of hydrogen-bond acceptors (Lipinski definition) is 4. The van der Waals surface area contributed by atoms with Crippen LogP contribution in [0.25, 0.3) is 17.0 Å². The van der Waals surface area contributed by atoms with Crippen LogP contribution in [0.2, 0.25) is 10.0 Å². The number of ether oxygens (including phenoxy) is 1. The Kier molecular flexibility index (Phi) is 6.55. The van der Waals surface area contributed by atoms with Crippen LogP contribution >= 0.6 is 23.2 Å². The van der Waals surface area contributed by atoms with Crippen LogP contribution in [-0.4, -0.2) is 5.97 Å². The Bertz CT molecular complexity index is 1100. The summed E-state index contributed by atoms with van der Waals surface area (Å²) in [6.45, 7) is 2.02. The van der Waals surface area contributed by atoms with E-state index in [-0.39, 0.29) is 5.75 Å². The number of carbonyl (C=O) groups excluding carboxylic acids is 1. The Morgan fingerprint density at radius 3 is 2.71 bits per heavy atom. The third-order valence-electron chi connectivity index (χ3n) is 4.20. The standard InChI is InChI=1S/C22H18Cl2O4/c1-2-3-6-17-21(16-7-4-5-8-19(16)27-22(17)26)28-20(25)12-10-14-9-11-15(23)13-18(14)24/h4-5,7-13H,2-3,6H2,1H3/b12-10+. The summed E-state index contributed by atoms with van der Waals surface area (Å²) in [4.78, 5) is 24.8. The van der Waals surface area contributed by atoms with Crippen LogP contribution in [-0.2, 0) is 11.2 Å². The van der Waals surface area contributed by atoms with Crippen LogP contribution in [0.15, 0.2) is 57.8 Å². The molecule has 0 amide bonds. The summed E-state index contributed by atoms with van der Waals surface area (Å²) >= 11 is 12.0. The van der Waals surface area contributed by atoms with Crippen molar-refractivity contribution in [2.24, 2.45) is 0 Å². The molecule has 0 unspecified atom stereocenters. The largest absolute Gasteiger partial charge is 0.422 e. The van der Waals surface area contributed by atoms with Crippen LogP contribution in [0.1, 0.15) is 30.9 Å². The molecular weight excluding hydrogens is 399 g/mol. The van der Waals surface area contributed by atoms with Gasteiger partial charge in [-0.05, 0) is 48.7 Å². The summed E-state index contributed by atoms with van der Waals surface area (Å²) in [5.74, 6) is -0.364. The van der Waals surface area contributed by atoms with Crippen molar-refractivity contribution in [3.05, 3.63) is 80.1 Å². The lowest BCUT2D eigenvalue weighted by Crippen LogP contribution is -2.14. The Morgan fingerprint density at radius 2 is 1.96 bits per heavy atom. The number of unbranched alkanes of at least 4 members (excludes halogenated alkanes) is 1. The van der Waals surface area contributed by atoms with E-state index in [1.807, 2.05) is 6.92 Å². The lowest BCUT2D eigenvalue weighted by molar-refractivity contribution is -0.128. The summed E-state index contributed by atoms with van der Waals surface area (Å²) in [6.07, 6.45) is 4.96. The molecule has 1 heterocycles. The molecule has 0 fully saturated rings. The van der Waals surface area contributed by atoms with Gasteiger partial charge in [0.2, 0.25) is 0 Å².